The molecule has 0 bridgehead atoms. The van der Waals surface area contributed by atoms with Crippen LogP contribution in [0.1, 0.15) is 38.7 Å². The molecule has 0 aliphatic carbocycles. The van der Waals surface area contributed by atoms with Crippen molar-refractivity contribution < 1.29 is 9.59 Å². The quantitative estimate of drug-likeness (QED) is 0.898. The molecule has 0 saturated carbocycles. The smallest absolute Gasteiger partial charge is 0.246 e. The molecule has 0 spiro atoms. The van der Waals surface area contributed by atoms with E-state index in [1.54, 1.807) is 11.8 Å². The predicted molar refractivity (Wildman–Crippen MR) is 103 cm³/mol. The molecule has 1 unspecified atom stereocenters. The summed E-state index contributed by atoms with van der Waals surface area (Å²) in [7, 11) is 0. The van der Waals surface area contributed by atoms with Gasteiger partial charge in [-0.1, -0.05) is 30.3 Å². The lowest BCUT2D eigenvalue weighted by Crippen LogP contribution is -2.58. The lowest BCUT2D eigenvalue weighted by Gasteiger charge is -2.38. The Bertz CT molecular complexity index is 609. The number of amides is 2. The third-order valence-electron chi connectivity index (χ3n) is 5.37. The van der Waals surface area contributed by atoms with E-state index in [1.807, 2.05) is 18.7 Å². The molecule has 0 radical (unpaired) electrons. The van der Waals surface area contributed by atoms with Gasteiger partial charge in [-0.2, -0.15) is 0 Å². The molecule has 2 heterocycles. The summed E-state index contributed by atoms with van der Waals surface area (Å²) in [5.74, 6) is 1.43. The minimum Gasteiger partial charge on any atom is -0.342 e. The van der Waals surface area contributed by atoms with Gasteiger partial charge in [0.25, 0.3) is 0 Å². The van der Waals surface area contributed by atoms with Crippen molar-refractivity contribution in [3.63, 3.8) is 0 Å². The normalized spacial score (nSPS) is 24.0. The average molecular weight is 361 g/mol. The molecule has 1 aromatic carbocycles. The fraction of sp³-hybridized carbons (Fsp3) is 0.600. The zero-order valence-electron chi connectivity index (χ0n) is 15.2. The molecule has 2 saturated heterocycles. The number of thioether (sulfide) groups is 1. The van der Waals surface area contributed by atoms with E-state index in [0.29, 0.717) is 11.7 Å². The fourth-order valence-corrected chi connectivity index (χ4v) is 4.54. The number of aryl methyl sites for hydroxylation is 1. The summed E-state index contributed by atoms with van der Waals surface area (Å²) in [6.45, 7) is 5.45. The summed E-state index contributed by atoms with van der Waals surface area (Å²) in [5.41, 5.74) is 1.39. The standard InChI is InChI=1S/C20H28N2O2S/c1-20(2)19(24)21-17(14-25-20)18(23)22-12-10-16(11-13-22)9-8-15-6-4-3-5-7-15/h3-7,16-17H,8-14H2,1-2H3,(H,21,24). The van der Waals surface area contributed by atoms with Gasteiger partial charge >= 0.3 is 0 Å². The average Bonchev–Trinajstić information content (AvgIpc) is 2.63. The van der Waals surface area contributed by atoms with Crippen LogP contribution in [0.25, 0.3) is 0 Å². The van der Waals surface area contributed by atoms with Crippen LogP contribution in [0.5, 0.6) is 0 Å². The van der Waals surface area contributed by atoms with Crippen LogP contribution in [0.15, 0.2) is 30.3 Å². The lowest BCUT2D eigenvalue weighted by molar-refractivity contribution is -0.137. The maximum atomic E-state index is 12.7. The van der Waals surface area contributed by atoms with Crippen molar-refractivity contribution in [1.82, 2.24) is 10.2 Å². The molecule has 2 amide bonds. The highest BCUT2D eigenvalue weighted by atomic mass is 32.2. The molecule has 2 fully saturated rings. The topological polar surface area (TPSA) is 49.4 Å². The number of rotatable bonds is 4. The Morgan fingerprint density at radius 3 is 2.56 bits per heavy atom. The van der Waals surface area contributed by atoms with E-state index >= 15 is 0 Å². The largest absolute Gasteiger partial charge is 0.342 e. The van der Waals surface area contributed by atoms with Gasteiger partial charge in [0.2, 0.25) is 11.8 Å². The van der Waals surface area contributed by atoms with Crippen LogP contribution in [0.4, 0.5) is 0 Å². The van der Waals surface area contributed by atoms with Gasteiger partial charge in [-0.15, -0.1) is 11.8 Å². The molecule has 136 valence electrons. The highest BCUT2D eigenvalue weighted by Crippen LogP contribution is 2.30. The molecule has 1 N–H and O–H groups in total. The van der Waals surface area contributed by atoms with Crippen molar-refractivity contribution in [3.8, 4) is 0 Å². The monoisotopic (exact) mass is 360 g/mol. The molecule has 5 heteroatoms. The molecular formula is C20H28N2O2S. The van der Waals surface area contributed by atoms with E-state index in [1.165, 1.54) is 12.0 Å². The van der Waals surface area contributed by atoms with Crippen molar-refractivity contribution in [2.24, 2.45) is 5.92 Å². The van der Waals surface area contributed by atoms with E-state index in [2.05, 4.69) is 35.6 Å². The summed E-state index contributed by atoms with van der Waals surface area (Å²) >= 11 is 1.58. The zero-order valence-corrected chi connectivity index (χ0v) is 16.0. The molecule has 4 nitrogen and oxygen atoms in total. The molecule has 1 aromatic rings. The minimum absolute atomic E-state index is 0.0279. The van der Waals surface area contributed by atoms with Crippen molar-refractivity contribution in [2.75, 3.05) is 18.8 Å². The SMILES string of the molecule is CC1(C)SCC(C(=O)N2CCC(CCc3ccccc3)CC2)NC1=O. The molecule has 1 atom stereocenters. The van der Waals surface area contributed by atoms with Crippen molar-refractivity contribution >= 4 is 23.6 Å². The second-order valence-corrected chi connectivity index (χ2v) is 9.28. The molecule has 25 heavy (non-hydrogen) atoms. The van der Waals surface area contributed by atoms with Gasteiger partial charge in [0, 0.05) is 18.8 Å². The van der Waals surface area contributed by atoms with E-state index in [4.69, 9.17) is 0 Å². The van der Waals surface area contributed by atoms with Crippen molar-refractivity contribution in [2.45, 2.75) is 50.3 Å². The Morgan fingerprint density at radius 1 is 1.24 bits per heavy atom. The summed E-state index contributed by atoms with van der Waals surface area (Å²) in [6.07, 6.45) is 4.44. The number of carbonyl (C=O) groups is 2. The van der Waals surface area contributed by atoms with Crippen LogP contribution in [-0.4, -0.2) is 46.3 Å². The predicted octanol–water partition coefficient (Wildman–Crippen LogP) is 2.87. The number of hydrogen-bond donors (Lipinski definition) is 1. The summed E-state index contributed by atoms with van der Waals surface area (Å²) in [6, 6.07) is 10.2. The van der Waals surface area contributed by atoms with Gasteiger partial charge < -0.3 is 10.2 Å². The van der Waals surface area contributed by atoms with E-state index < -0.39 is 4.75 Å². The highest BCUT2D eigenvalue weighted by molar-refractivity contribution is 8.01. The van der Waals surface area contributed by atoms with Crippen LogP contribution in [0.3, 0.4) is 0 Å². The number of benzene rings is 1. The van der Waals surface area contributed by atoms with Gasteiger partial charge in [0.1, 0.15) is 6.04 Å². The molecule has 2 aliphatic rings. The van der Waals surface area contributed by atoms with Gasteiger partial charge in [-0.05, 0) is 51.0 Å². The first-order valence-corrected chi connectivity index (χ1v) is 10.2. The number of likely N-dealkylation sites (tertiary alicyclic amines) is 1. The maximum Gasteiger partial charge on any atom is 0.246 e. The van der Waals surface area contributed by atoms with Crippen LogP contribution >= 0.6 is 11.8 Å². The Labute approximate surface area is 154 Å². The highest BCUT2D eigenvalue weighted by Gasteiger charge is 2.39. The molecule has 0 aromatic heterocycles. The first-order chi connectivity index (χ1) is 12.0. The summed E-state index contributed by atoms with van der Waals surface area (Å²) in [4.78, 5) is 26.7. The minimum atomic E-state index is -0.429. The van der Waals surface area contributed by atoms with Crippen LogP contribution < -0.4 is 5.32 Å². The first kappa shape index (κ1) is 18.3. The van der Waals surface area contributed by atoms with Crippen LogP contribution in [0.2, 0.25) is 0 Å². The Morgan fingerprint density at radius 2 is 1.92 bits per heavy atom. The maximum absolute atomic E-state index is 12.7. The van der Waals surface area contributed by atoms with E-state index in [0.717, 1.165) is 32.4 Å². The zero-order chi connectivity index (χ0) is 17.9. The number of hydrogen-bond acceptors (Lipinski definition) is 3. The molecule has 3 rings (SSSR count). The van der Waals surface area contributed by atoms with Gasteiger partial charge in [-0.3, -0.25) is 9.59 Å². The summed E-state index contributed by atoms with van der Waals surface area (Å²) in [5, 5.41) is 2.91. The Hall–Kier alpha value is -1.49. The van der Waals surface area contributed by atoms with Crippen molar-refractivity contribution in [3.05, 3.63) is 35.9 Å². The number of nitrogens with one attached hydrogen (secondary N) is 1. The first-order valence-electron chi connectivity index (χ1n) is 9.23. The number of piperidine rings is 1. The lowest BCUT2D eigenvalue weighted by atomic mass is 9.90. The van der Waals surface area contributed by atoms with Crippen LogP contribution in [-0.2, 0) is 16.0 Å². The van der Waals surface area contributed by atoms with Crippen molar-refractivity contribution in [1.29, 1.82) is 0 Å². The van der Waals surface area contributed by atoms with Gasteiger partial charge in [-0.25, -0.2) is 0 Å². The fourth-order valence-electron chi connectivity index (χ4n) is 3.54. The molecular weight excluding hydrogens is 332 g/mol. The summed E-state index contributed by atoms with van der Waals surface area (Å²) < 4.78 is -0.429. The Balaban J connectivity index is 1.44. The second-order valence-electron chi connectivity index (χ2n) is 7.64. The third kappa shape index (κ3) is 4.57. The van der Waals surface area contributed by atoms with Gasteiger partial charge in [0.15, 0.2) is 0 Å². The van der Waals surface area contributed by atoms with Gasteiger partial charge in [0.05, 0.1) is 4.75 Å². The Kier molecular flexibility index (Phi) is 5.72. The number of carbonyl (C=O) groups excluding carboxylic acids is 2. The van der Waals surface area contributed by atoms with E-state index in [-0.39, 0.29) is 17.9 Å². The van der Waals surface area contributed by atoms with E-state index in [9.17, 15) is 9.59 Å². The third-order valence-corrected chi connectivity index (χ3v) is 6.78. The van der Waals surface area contributed by atoms with Crippen LogP contribution in [0, 0.1) is 5.92 Å². The second kappa shape index (κ2) is 7.81. The number of nitrogens with zero attached hydrogens (tertiary/aromatic N) is 1. The molecule has 2 aliphatic heterocycles.